The Morgan fingerprint density at radius 1 is 1.00 bits per heavy atom. The first kappa shape index (κ1) is 16.5. The molecule has 6 rings (SSSR count). The van der Waals surface area contributed by atoms with Gasteiger partial charge in [0.1, 0.15) is 11.5 Å². The van der Waals surface area contributed by atoms with Crippen LogP contribution in [0.4, 0.5) is 11.4 Å². The first-order valence-corrected chi connectivity index (χ1v) is 9.87. The Hall–Kier alpha value is -3.41. The van der Waals surface area contributed by atoms with Crippen molar-refractivity contribution in [3.8, 4) is 11.5 Å². The van der Waals surface area contributed by atoms with Crippen molar-refractivity contribution < 1.29 is 18.7 Å². The van der Waals surface area contributed by atoms with Crippen molar-refractivity contribution in [3.05, 3.63) is 71.7 Å². The number of benzene rings is 2. The lowest BCUT2D eigenvalue weighted by molar-refractivity contribution is 0.0971. The van der Waals surface area contributed by atoms with Gasteiger partial charge in [0, 0.05) is 17.7 Å². The summed E-state index contributed by atoms with van der Waals surface area (Å²) >= 11 is 0. The molecule has 3 aliphatic rings. The zero-order valence-corrected chi connectivity index (χ0v) is 15.9. The Kier molecular flexibility index (Phi) is 3.45. The van der Waals surface area contributed by atoms with Crippen molar-refractivity contribution in [2.45, 2.75) is 25.4 Å². The number of carbonyl (C=O) groups is 1. The first-order chi connectivity index (χ1) is 14.2. The average molecular weight is 388 g/mol. The van der Waals surface area contributed by atoms with Gasteiger partial charge in [0.05, 0.1) is 11.3 Å². The van der Waals surface area contributed by atoms with Gasteiger partial charge in [-0.2, -0.15) is 0 Å². The molecule has 1 fully saturated rings. The molecule has 3 unspecified atom stereocenters. The number of ether oxygens (including phenoxy) is 2. The molecule has 2 aromatic carbocycles. The van der Waals surface area contributed by atoms with Gasteiger partial charge in [0.25, 0.3) is 5.91 Å². The maximum absolute atomic E-state index is 13.5. The van der Waals surface area contributed by atoms with Gasteiger partial charge in [-0.05, 0) is 48.7 Å². The highest BCUT2D eigenvalue weighted by atomic mass is 16.7. The van der Waals surface area contributed by atoms with Crippen LogP contribution in [0.3, 0.4) is 0 Å². The second-order valence-corrected chi connectivity index (χ2v) is 7.86. The van der Waals surface area contributed by atoms with Gasteiger partial charge < -0.3 is 19.2 Å². The number of carbonyl (C=O) groups excluding carboxylic acids is 1. The van der Waals surface area contributed by atoms with E-state index in [1.807, 2.05) is 54.6 Å². The predicted molar refractivity (Wildman–Crippen MR) is 107 cm³/mol. The molecule has 3 atom stereocenters. The molecular formula is C23H20N2O4. The molecule has 6 nitrogen and oxygen atoms in total. The topological polar surface area (TPSA) is 63.9 Å². The largest absolute Gasteiger partial charge is 0.462 e. The third-order valence-electron chi connectivity index (χ3n) is 5.95. The van der Waals surface area contributed by atoms with Crippen LogP contribution >= 0.6 is 0 Å². The van der Waals surface area contributed by atoms with E-state index in [0.717, 1.165) is 29.3 Å². The molecule has 2 aliphatic heterocycles. The van der Waals surface area contributed by atoms with Gasteiger partial charge in [0.15, 0.2) is 17.7 Å². The summed E-state index contributed by atoms with van der Waals surface area (Å²) < 4.78 is 17.2. The number of fused-ring (bicyclic) bond motifs is 2. The highest BCUT2D eigenvalue weighted by Gasteiger charge is 2.40. The lowest BCUT2D eigenvalue weighted by Gasteiger charge is -2.36. The van der Waals surface area contributed by atoms with E-state index in [0.29, 0.717) is 28.9 Å². The van der Waals surface area contributed by atoms with E-state index >= 15 is 0 Å². The number of para-hydroxylation sites is 1. The van der Waals surface area contributed by atoms with Crippen LogP contribution in [0, 0.1) is 5.92 Å². The number of hydrogen-bond acceptors (Lipinski definition) is 5. The van der Waals surface area contributed by atoms with Gasteiger partial charge in [-0.1, -0.05) is 19.1 Å². The van der Waals surface area contributed by atoms with Crippen LogP contribution in [-0.4, -0.2) is 12.7 Å². The number of amides is 1. The Balaban J connectivity index is 1.45. The van der Waals surface area contributed by atoms with E-state index in [1.54, 1.807) is 4.90 Å². The molecule has 1 amide bonds. The second kappa shape index (κ2) is 6.04. The number of furan rings is 1. The van der Waals surface area contributed by atoms with E-state index in [1.165, 1.54) is 0 Å². The highest BCUT2D eigenvalue weighted by Crippen LogP contribution is 2.48. The number of nitrogens with zero attached hydrogens (tertiary/aromatic N) is 1. The molecule has 1 saturated carbocycles. The summed E-state index contributed by atoms with van der Waals surface area (Å²) in [4.78, 5) is 15.2. The monoisotopic (exact) mass is 388 g/mol. The van der Waals surface area contributed by atoms with Crippen LogP contribution in [0.15, 0.2) is 59.0 Å². The fourth-order valence-electron chi connectivity index (χ4n) is 4.19. The summed E-state index contributed by atoms with van der Waals surface area (Å²) in [6.45, 7) is 2.42. The summed E-state index contributed by atoms with van der Waals surface area (Å²) in [6, 6.07) is 17.1. The smallest absolute Gasteiger partial charge is 0.262 e. The Labute approximate surface area is 168 Å². The fraction of sp³-hybridized carbons (Fsp3) is 0.261. The normalized spacial score (nSPS) is 24.2. The van der Waals surface area contributed by atoms with Crippen LogP contribution in [0.1, 0.15) is 47.3 Å². The summed E-state index contributed by atoms with van der Waals surface area (Å²) in [5.41, 5.74) is 2.16. The summed E-state index contributed by atoms with van der Waals surface area (Å²) in [7, 11) is 0. The molecule has 1 aliphatic carbocycles. The van der Waals surface area contributed by atoms with Crippen molar-refractivity contribution in [2.24, 2.45) is 5.92 Å². The minimum atomic E-state index is -0.444. The zero-order chi connectivity index (χ0) is 19.5. The number of hydrogen-bond donors (Lipinski definition) is 1. The molecule has 0 spiro atoms. The SMILES string of the molecule is CC1CC1c1ccc(C2Nc3ccccc3C(=O)N2c2ccc3c(c2)OCO3)o1. The summed E-state index contributed by atoms with van der Waals surface area (Å²) in [6.07, 6.45) is 0.708. The molecular weight excluding hydrogens is 368 g/mol. The highest BCUT2D eigenvalue weighted by molar-refractivity contribution is 6.12. The van der Waals surface area contributed by atoms with Crippen molar-refractivity contribution in [3.63, 3.8) is 0 Å². The maximum Gasteiger partial charge on any atom is 0.262 e. The first-order valence-electron chi connectivity index (χ1n) is 9.87. The minimum Gasteiger partial charge on any atom is -0.462 e. The lowest BCUT2D eigenvalue weighted by atomic mass is 10.1. The quantitative estimate of drug-likeness (QED) is 0.691. The number of rotatable bonds is 3. The van der Waals surface area contributed by atoms with Crippen molar-refractivity contribution in [2.75, 3.05) is 17.0 Å². The molecule has 0 radical (unpaired) electrons. The van der Waals surface area contributed by atoms with Crippen molar-refractivity contribution in [1.29, 1.82) is 0 Å². The van der Waals surface area contributed by atoms with E-state index in [4.69, 9.17) is 13.9 Å². The predicted octanol–water partition coefficient (Wildman–Crippen LogP) is 4.90. The van der Waals surface area contributed by atoms with Gasteiger partial charge in [-0.3, -0.25) is 9.69 Å². The molecule has 3 aromatic rings. The lowest BCUT2D eigenvalue weighted by Crippen LogP contribution is -2.43. The number of anilines is 2. The Bertz CT molecular complexity index is 1120. The van der Waals surface area contributed by atoms with Gasteiger partial charge >= 0.3 is 0 Å². The van der Waals surface area contributed by atoms with Crippen molar-refractivity contribution in [1.82, 2.24) is 0 Å². The molecule has 29 heavy (non-hydrogen) atoms. The fourth-order valence-corrected chi connectivity index (χ4v) is 4.19. The van der Waals surface area contributed by atoms with Crippen LogP contribution in [0.25, 0.3) is 0 Å². The molecule has 3 heterocycles. The molecule has 6 heteroatoms. The van der Waals surface area contributed by atoms with E-state index in [2.05, 4.69) is 12.2 Å². The minimum absolute atomic E-state index is 0.0824. The summed E-state index contributed by atoms with van der Waals surface area (Å²) in [5.74, 6) is 4.09. The molecule has 0 bridgehead atoms. The van der Waals surface area contributed by atoms with Gasteiger partial charge in [-0.25, -0.2) is 0 Å². The van der Waals surface area contributed by atoms with Crippen LogP contribution in [0.5, 0.6) is 11.5 Å². The van der Waals surface area contributed by atoms with Crippen LogP contribution in [0.2, 0.25) is 0 Å². The van der Waals surface area contributed by atoms with E-state index < -0.39 is 6.17 Å². The number of nitrogens with one attached hydrogen (secondary N) is 1. The molecule has 146 valence electrons. The van der Waals surface area contributed by atoms with Crippen LogP contribution < -0.4 is 19.7 Å². The standard InChI is InChI=1S/C23H20N2O4/c1-13-10-16(13)18-8-9-20(29-18)22-24-17-5-3-2-4-15(17)23(26)25(22)14-6-7-19-21(11-14)28-12-27-19/h2-9,11,13,16,22,24H,10,12H2,1H3. The average Bonchev–Trinajstić information content (AvgIpc) is 3.13. The molecule has 1 N–H and O–H groups in total. The Morgan fingerprint density at radius 3 is 2.66 bits per heavy atom. The van der Waals surface area contributed by atoms with E-state index in [9.17, 15) is 4.79 Å². The van der Waals surface area contributed by atoms with E-state index in [-0.39, 0.29) is 12.7 Å². The van der Waals surface area contributed by atoms with Crippen LogP contribution in [-0.2, 0) is 0 Å². The molecule has 0 saturated heterocycles. The van der Waals surface area contributed by atoms with Gasteiger partial charge in [-0.15, -0.1) is 0 Å². The third kappa shape index (κ3) is 2.59. The van der Waals surface area contributed by atoms with Crippen molar-refractivity contribution >= 4 is 17.3 Å². The maximum atomic E-state index is 13.5. The van der Waals surface area contributed by atoms with Gasteiger partial charge in [0.2, 0.25) is 6.79 Å². The third-order valence-corrected chi connectivity index (χ3v) is 5.95. The Morgan fingerprint density at radius 2 is 1.79 bits per heavy atom. The second-order valence-electron chi connectivity index (χ2n) is 7.86. The summed E-state index contributed by atoms with van der Waals surface area (Å²) in [5, 5.41) is 3.48. The molecule has 1 aromatic heterocycles. The zero-order valence-electron chi connectivity index (χ0n) is 15.9.